The lowest BCUT2D eigenvalue weighted by atomic mass is 9.87. The lowest BCUT2D eigenvalue weighted by molar-refractivity contribution is -0.116. The van der Waals surface area contributed by atoms with Gasteiger partial charge in [-0.15, -0.1) is 6.58 Å². The van der Waals surface area contributed by atoms with E-state index in [1.54, 1.807) is 6.92 Å². The van der Waals surface area contributed by atoms with Gasteiger partial charge in [-0.05, 0) is 31.6 Å². The molecular formula is C14H24O. The number of rotatable bonds is 8. The summed E-state index contributed by atoms with van der Waals surface area (Å²) in [6, 6.07) is 0. The van der Waals surface area contributed by atoms with Gasteiger partial charge in [0.05, 0.1) is 0 Å². The second kappa shape index (κ2) is 7.44. The van der Waals surface area contributed by atoms with E-state index < -0.39 is 0 Å². The van der Waals surface area contributed by atoms with Crippen LogP contribution in [0.5, 0.6) is 0 Å². The highest BCUT2D eigenvalue weighted by molar-refractivity contribution is 5.76. The summed E-state index contributed by atoms with van der Waals surface area (Å²) in [7, 11) is 0. The molecule has 0 saturated carbocycles. The molecule has 0 N–H and O–H groups in total. The minimum Gasteiger partial charge on any atom is -0.300 e. The van der Waals surface area contributed by atoms with Crippen LogP contribution in [0.4, 0.5) is 0 Å². The minimum atomic E-state index is 0.235. The summed E-state index contributed by atoms with van der Waals surface area (Å²) in [5.74, 6) is 0.235. The number of carbonyl (C=O) groups excluding carboxylic acids is 1. The number of carbonyl (C=O) groups is 1. The maximum absolute atomic E-state index is 10.6. The Morgan fingerprint density at radius 3 is 2.47 bits per heavy atom. The number of Topliss-reactive ketones (excluding diaryl/α,β-unsaturated/α-hetero) is 1. The fourth-order valence-electron chi connectivity index (χ4n) is 1.31. The van der Waals surface area contributed by atoms with Crippen molar-refractivity contribution in [3.05, 3.63) is 24.8 Å². The van der Waals surface area contributed by atoms with Gasteiger partial charge in [-0.1, -0.05) is 38.5 Å². The second-order valence-corrected chi connectivity index (χ2v) is 4.82. The van der Waals surface area contributed by atoms with Gasteiger partial charge in [-0.3, -0.25) is 4.79 Å². The first-order valence-electron chi connectivity index (χ1n) is 5.76. The van der Waals surface area contributed by atoms with E-state index in [9.17, 15) is 4.79 Å². The number of ketones is 1. The van der Waals surface area contributed by atoms with Crippen LogP contribution in [0.1, 0.15) is 52.9 Å². The first kappa shape index (κ1) is 14.2. The maximum atomic E-state index is 10.6. The summed E-state index contributed by atoms with van der Waals surface area (Å²) in [5, 5.41) is 0. The SMILES string of the molecule is C=CC(C)(C)CCCC/C=C/CC(C)=O. The third-order valence-corrected chi connectivity index (χ3v) is 2.57. The van der Waals surface area contributed by atoms with Crippen LogP contribution in [0, 0.1) is 5.41 Å². The average molecular weight is 208 g/mol. The molecule has 0 saturated heterocycles. The predicted molar refractivity (Wildman–Crippen MR) is 66.9 cm³/mol. The van der Waals surface area contributed by atoms with Crippen LogP contribution < -0.4 is 0 Å². The topological polar surface area (TPSA) is 17.1 Å². The molecule has 0 aromatic heterocycles. The molecule has 0 rings (SSSR count). The summed E-state index contributed by atoms with van der Waals surface area (Å²) in [6.07, 6.45) is 11.4. The van der Waals surface area contributed by atoms with Gasteiger partial charge in [-0.2, -0.15) is 0 Å². The highest BCUT2D eigenvalue weighted by atomic mass is 16.1. The van der Waals surface area contributed by atoms with Crippen molar-refractivity contribution >= 4 is 5.78 Å². The van der Waals surface area contributed by atoms with E-state index in [4.69, 9.17) is 0 Å². The lowest BCUT2D eigenvalue weighted by Gasteiger charge is -2.18. The summed E-state index contributed by atoms with van der Waals surface area (Å²) in [5.41, 5.74) is 0.267. The predicted octanol–water partition coefficient (Wildman–Crippen LogP) is 4.29. The standard InChI is InChI=1S/C14H24O/c1-5-14(3,4)12-10-8-6-7-9-11-13(2)15/h5,7,9H,1,6,8,10-12H2,2-4H3/b9-7+. The molecule has 0 heterocycles. The number of allylic oxidation sites excluding steroid dienone is 3. The molecule has 86 valence electrons. The molecule has 0 bridgehead atoms. The van der Waals surface area contributed by atoms with Gasteiger partial charge in [0.25, 0.3) is 0 Å². The van der Waals surface area contributed by atoms with Gasteiger partial charge in [0, 0.05) is 6.42 Å². The third-order valence-electron chi connectivity index (χ3n) is 2.57. The van der Waals surface area contributed by atoms with E-state index in [0.717, 1.165) is 6.42 Å². The van der Waals surface area contributed by atoms with Gasteiger partial charge in [-0.25, -0.2) is 0 Å². The van der Waals surface area contributed by atoms with Gasteiger partial charge in [0.1, 0.15) is 5.78 Å². The maximum Gasteiger partial charge on any atom is 0.133 e. The Morgan fingerprint density at radius 1 is 1.27 bits per heavy atom. The molecular weight excluding hydrogens is 184 g/mol. The van der Waals surface area contributed by atoms with Gasteiger partial charge in [0.2, 0.25) is 0 Å². The Labute approximate surface area is 94.3 Å². The van der Waals surface area contributed by atoms with E-state index in [0.29, 0.717) is 6.42 Å². The number of hydrogen-bond acceptors (Lipinski definition) is 1. The Bertz CT molecular complexity index is 223. The van der Waals surface area contributed by atoms with Crippen molar-refractivity contribution in [2.45, 2.75) is 52.9 Å². The van der Waals surface area contributed by atoms with Gasteiger partial charge < -0.3 is 0 Å². The molecule has 0 aromatic carbocycles. The summed E-state index contributed by atoms with van der Waals surface area (Å²) in [4.78, 5) is 10.6. The Balaban J connectivity index is 3.43. The zero-order chi connectivity index (χ0) is 11.7. The normalized spacial score (nSPS) is 11.9. The summed E-state index contributed by atoms with van der Waals surface area (Å²) in [6.45, 7) is 9.88. The van der Waals surface area contributed by atoms with Crippen molar-refractivity contribution in [1.82, 2.24) is 0 Å². The average Bonchev–Trinajstić information content (AvgIpc) is 2.16. The Morgan fingerprint density at radius 2 is 1.93 bits per heavy atom. The van der Waals surface area contributed by atoms with E-state index in [2.05, 4.69) is 26.5 Å². The number of hydrogen-bond donors (Lipinski definition) is 0. The van der Waals surface area contributed by atoms with E-state index in [-0.39, 0.29) is 11.2 Å². The molecule has 15 heavy (non-hydrogen) atoms. The molecule has 0 atom stereocenters. The van der Waals surface area contributed by atoms with Crippen molar-refractivity contribution in [1.29, 1.82) is 0 Å². The smallest absolute Gasteiger partial charge is 0.133 e. The van der Waals surface area contributed by atoms with Crippen LogP contribution in [0.25, 0.3) is 0 Å². The van der Waals surface area contributed by atoms with Crippen molar-refractivity contribution < 1.29 is 4.79 Å². The Hall–Kier alpha value is -0.850. The summed E-state index contributed by atoms with van der Waals surface area (Å²) < 4.78 is 0. The van der Waals surface area contributed by atoms with Crippen molar-refractivity contribution in [2.24, 2.45) is 5.41 Å². The molecule has 0 amide bonds. The Kier molecular flexibility index (Phi) is 7.02. The molecule has 0 spiro atoms. The zero-order valence-corrected chi connectivity index (χ0v) is 10.4. The molecule has 0 aromatic rings. The van der Waals surface area contributed by atoms with E-state index in [1.807, 2.05) is 12.2 Å². The van der Waals surface area contributed by atoms with Gasteiger partial charge in [0.15, 0.2) is 0 Å². The van der Waals surface area contributed by atoms with Crippen molar-refractivity contribution in [3.63, 3.8) is 0 Å². The first-order valence-corrected chi connectivity index (χ1v) is 5.76. The van der Waals surface area contributed by atoms with Crippen LogP contribution in [-0.4, -0.2) is 5.78 Å². The highest BCUT2D eigenvalue weighted by Gasteiger charge is 2.10. The van der Waals surface area contributed by atoms with Crippen LogP contribution in [0.15, 0.2) is 24.8 Å². The second-order valence-electron chi connectivity index (χ2n) is 4.82. The molecule has 0 unspecified atom stereocenters. The zero-order valence-electron chi connectivity index (χ0n) is 10.4. The van der Waals surface area contributed by atoms with Crippen LogP contribution in [0.2, 0.25) is 0 Å². The lowest BCUT2D eigenvalue weighted by Crippen LogP contribution is -2.05. The summed E-state index contributed by atoms with van der Waals surface area (Å²) >= 11 is 0. The third kappa shape index (κ3) is 9.45. The van der Waals surface area contributed by atoms with Gasteiger partial charge >= 0.3 is 0 Å². The fourth-order valence-corrected chi connectivity index (χ4v) is 1.31. The van der Waals surface area contributed by atoms with Crippen LogP contribution in [-0.2, 0) is 4.79 Å². The molecule has 0 radical (unpaired) electrons. The van der Waals surface area contributed by atoms with Crippen molar-refractivity contribution in [2.75, 3.05) is 0 Å². The van der Waals surface area contributed by atoms with E-state index >= 15 is 0 Å². The molecule has 0 fully saturated rings. The fraction of sp³-hybridized carbons (Fsp3) is 0.643. The molecule has 0 aliphatic rings. The van der Waals surface area contributed by atoms with E-state index in [1.165, 1.54) is 19.3 Å². The van der Waals surface area contributed by atoms with Crippen LogP contribution in [0.3, 0.4) is 0 Å². The minimum absolute atomic E-state index is 0.235. The number of unbranched alkanes of at least 4 members (excludes halogenated alkanes) is 2. The first-order chi connectivity index (χ1) is 6.98. The van der Waals surface area contributed by atoms with Crippen molar-refractivity contribution in [3.8, 4) is 0 Å². The molecule has 0 aliphatic carbocycles. The molecule has 1 heteroatoms. The quantitative estimate of drug-likeness (QED) is 0.429. The molecule has 0 aliphatic heterocycles. The monoisotopic (exact) mass is 208 g/mol. The largest absolute Gasteiger partial charge is 0.300 e. The molecule has 1 nitrogen and oxygen atoms in total. The highest BCUT2D eigenvalue weighted by Crippen LogP contribution is 2.24. The van der Waals surface area contributed by atoms with Crippen LogP contribution >= 0.6 is 0 Å².